The van der Waals surface area contributed by atoms with E-state index in [2.05, 4.69) is 15.6 Å². The average Bonchev–Trinajstić information content (AvgIpc) is 3.36. The minimum Gasteiger partial charge on any atom is -0.389 e. The number of amides is 2. The van der Waals surface area contributed by atoms with Crippen molar-refractivity contribution in [1.29, 1.82) is 0 Å². The number of aliphatic hydroxyl groups excluding tert-OH is 1. The molecular formula is C24H21F4N3O3. The lowest BCUT2D eigenvalue weighted by atomic mass is 10.0. The van der Waals surface area contributed by atoms with Crippen LogP contribution in [0.15, 0.2) is 54.6 Å². The maximum Gasteiger partial charge on any atom is 0.416 e. The lowest BCUT2D eigenvalue weighted by Gasteiger charge is -2.13. The summed E-state index contributed by atoms with van der Waals surface area (Å²) >= 11 is 0. The number of aryl methyl sites for hydroxylation is 1. The molecule has 10 heteroatoms. The number of H-pyrrole nitrogens is 1. The number of hydrogen-bond donors (Lipinski definition) is 4. The average molecular weight is 475 g/mol. The molecule has 0 saturated carbocycles. The lowest BCUT2D eigenvalue weighted by molar-refractivity contribution is -0.137. The fourth-order valence-electron chi connectivity index (χ4n) is 3.83. The first-order valence-corrected chi connectivity index (χ1v) is 10.5. The van der Waals surface area contributed by atoms with Gasteiger partial charge in [0.25, 0.3) is 0 Å². The number of rotatable bonds is 6. The topological polar surface area (TPSA) is 94.2 Å². The fraction of sp³-hybridized carbons (Fsp3) is 0.250. The second-order valence-corrected chi connectivity index (χ2v) is 8.02. The van der Waals surface area contributed by atoms with Crippen LogP contribution < -0.4 is 10.6 Å². The van der Waals surface area contributed by atoms with E-state index in [-0.39, 0.29) is 19.4 Å². The Balaban J connectivity index is 1.57. The fourth-order valence-corrected chi connectivity index (χ4v) is 3.83. The van der Waals surface area contributed by atoms with E-state index in [1.165, 1.54) is 24.3 Å². The number of hydrogen-bond acceptors (Lipinski definition) is 3. The number of carbonyl (C=O) groups is 2. The van der Waals surface area contributed by atoms with Crippen LogP contribution in [-0.4, -0.2) is 40.6 Å². The van der Waals surface area contributed by atoms with Crippen LogP contribution in [0, 0.1) is 5.82 Å². The number of aromatic amines is 1. The summed E-state index contributed by atoms with van der Waals surface area (Å²) in [7, 11) is 0. The van der Waals surface area contributed by atoms with Gasteiger partial charge >= 0.3 is 6.18 Å². The number of halogens is 4. The molecule has 2 atom stereocenters. The van der Waals surface area contributed by atoms with E-state index in [1.54, 1.807) is 18.2 Å². The molecule has 178 valence electrons. The Morgan fingerprint density at radius 3 is 2.29 bits per heavy atom. The minimum absolute atomic E-state index is 0.00496. The standard InChI is InChI=1S/C24H21F4N3O3/c25-17-8-3-14(4-9-17)21-15(5-10-20(33)31-22-19(32)12-29-23(22)34)11-18(30-21)13-1-6-16(7-2-13)24(26,27)28/h1-4,6-9,11,19,22,30,32H,5,10,12H2,(H,29,34)(H,31,33)/t19-,22+/m1/s1. The first-order valence-electron chi connectivity index (χ1n) is 10.5. The van der Waals surface area contributed by atoms with Gasteiger partial charge in [0.05, 0.1) is 5.56 Å². The number of nitrogens with one attached hydrogen (secondary N) is 3. The predicted molar refractivity (Wildman–Crippen MR) is 116 cm³/mol. The highest BCUT2D eigenvalue weighted by molar-refractivity contribution is 5.90. The Bertz CT molecular complexity index is 1190. The van der Waals surface area contributed by atoms with Gasteiger partial charge < -0.3 is 20.7 Å². The Kier molecular flexibility index (Phi) is 6.43. The monoisotopic (exact) mass is 475 g/mol. The zero-order valence-electron chi connectivity index (χ0n) is 17.7. The third-order valence-electron chi connectivity index (χ3n) is 5.65. The van der Waals surface area contributed by atoms with Crippen molar-refractivity contribution in [3.63, 3.8) is 0 Å². The van der Waals surface area contributed by atoms with Crippen molar-refractivity contribution in [2.45, 2.75) is 31.2 Å². The van der Waals surface area contributed by atoms with E-state index in [4.69, 9.17) is 0 Å². The Labute approximate surface area is 192 Å². The molecule has 4 rings (SSSR count). The molecule has 1 aromatic heterocycles. The van der Waals surface area contributed by atoms with Crippen LogP contribution in [0.3, 0.4) is 0 Å². The van der Waals surface area contributed by atoms with Crippen LogP contribution in [0.5, 0.6) is 0 Å². The third kappa shape index (κ3) is 5.12. The number of aliphatic hydroxyl groups is 1. The largest absolute Gasteiger partial charge is 0.416 e. The first kappa shape index (κ1) is 23.5. The van der Waals surface area contributed by atoms with Crippen molar-refractivity contribution in [1.82, 2.24) is 15.6 Å². The highest BCUT2D eigenvalue weighted by Gasteiger charge is 2.34. The summed E-state index contributed by atoms with van der Waals surface area (Å²) < 4.78 is 52.1. The Hall–Kier alpha value is -3.66. The molecule has 0 spiro atoms. The molecule has 1 saturated heterocycles. The van der Waals surface area contributed by atoms with Gasteiger partial charge in [0.1, 0.15) is 18.0 Å². The smallest absolute Gasteiger partial charge is 0.389 e. The van der Waals surface area contributed by atoms with E-state index >= 15 is 0 Å². The van der Waals surface area contributed by atoms with Crippen molar-refractivity contribution in [3.05, 3.63) is 71.5 Å². The highest BCUT2D eigenvalue weighted by Crippen LogP contribution is 2.33. The molecule has 1 aliphatic rings. The molecule has 0 radical (unpaired) electrons. The summed E-state index contributed by atoms with van der Waals surface area (Å²) in [6.45, 7) is 0.0623. The lowest BCUT2D eigenvalue weighted by Crippen LogP contribution is -2.45. The molecule has 4 N–H and O–H groups in total. The van der Waals surface area contributed by atoms with Crippen LogP contribution >= 0.6 is 0 Å². The predicted octanol–water partition coefficient (Wildman–Crippen LogP) is 3.41. The molecule has 1 aliphatic heterocycles. The van der Waals surface area contributed by atoms with Gasteiger partial charge in [-0.25, -0.2) is 4.39 Å². The summed E-state index contributed by atoms with van der Waals surface area (Å²) in [6, 6.07) is 11.1. The third-order valence-corrected chi connectivity index (χ3v) is 5.65. The zero-order valence-corrected chi connectivity index (χ0v) is 17.7. The number of alkyl halides is 3. The molecule has 1 fully saturated rings. The molecule has 2 heterocycles. The van der Waals surface area contributed by atoms with Crippen molar-refractivity contribution in [2.24, 2.45) is 0 Å². The second-order valence-electron chi connectivity index (χ2n) is 8.02. The van der Waals surface area contributed by atoms with Crippen molar-refractivity contribution >= 4 is 11.8 Å². The molecule has 3 aromatic rings. The molecule has 0 bridgehead atoms. The van der Waals surface area contributed by atoms with E-state index in [0.717, 1.165) is 12.1 Å². The van der Waals surface area contributed by atoms with E-state index in [0.29, 0.717) is 28.1 Å². The number of aromatic nitrogens is 1. The van der Waals surface area contributed by atoms with Crippen LogP contribution in [0.1, 0.15) is 17.5 Å². The van der Waals surface area contributed by atoms with Gasteiger partial charge in [0.2, 0.25) is 11.8 Å². The van der Waals surface area contributed by atoms with Crippen molar-refractivity contribution in [3.8, 4) is 22.5 Å². The van der Waals surface area contributed by atoms with E-state index in [1.807, 2.05) is 0 Å². The molecule has 2 aromatic carbocycles. The normalized spacial score (nSPS) is 18.1. The van der Waals surface area contributed by atoms with Crippen molar-refractivity contribution in [2.75, 3.05) is 6.54 Å². The van der Waals surface area contributed by atoms with Gasteiger partial charge in [0, 0.05) is 24.4 Å². The van der Waals surface area contributed by atoms with E-state index in [9.17, 15) is 32.3 Å². The maximum absolute atomic E-state index is 13.4. The molecule has 2 amide bonds. The molecule has 6 nitrogen and oxygen atoms in total. The summed E-state index contributed by atoms with van der Waals surface area (Å²) in [5.41, 5.74) is 2.21. The van der Waals surface area contributed by atoms with Crippen molar-refractivity contribution < 1.29 is 32.3 Å². The number of benzene rings is 2. The van der Waals surface area contributed by atoms with Gasteiger partial charge in [-0.2, -0.15) is 13.2 Å². The summed E-state index contributed by atoms with van der Waals surface area (Å²) in [5, 5.41) is 14.8. The highest BCUT2D eigenvalue weighted by atomic mass is 19.4. The van der Waals surface area contributed by atoms with Crippen LogP contribution in [0.4, 0.5) is 17.6 Å². The van der Waals surface area contributed by atoms with Crippen LogP contribution in [0.25, 0.3) is 22.5 Å². The number of carbonyl (C=O) groups excluding carboxylic acids is 2. The Morgan fingerprint density at radius 2 is 1.71 bits per heavy atom. The van der Waals surface area contributed by atoms with Gasteiger partial charge in [0.15, 0.2) is 0 Å². The van der Waals surface area contributed by atoms with Crippen LogP contribution in [-0.2, 0) is 22.2 Å². The molecular weight excluding hydrogens is 454 g/mol. The van der Waals surface area contributed by atoms with Crippen LogP contribution in [0.2, 0.25) is 0 Å². The maximum atomic E-state index is 13.4. The second kappa shape index (κ2) is 9.30. The minimum atomic E-state index is -4.45. The summed E-state index contributed by atoms with van der Waals surface area (Å²) in [6.07, 6.45) is -5.23. The number of β-amino-alcohol motifs (C(OH)–C–C–N with tert-alkyl or cyclic N) is 1. The van der Waals surface area contributed by atoms with Gasteiger partial charge in [-0.3, -0.25) is 9.59 Å². The molecule has 34 heavy (non-hydrogen) atoms. The zero-order chi connectivity index (χ0) is 24.5. The Morgan fingerprint density at radius 1 is 1.06 bits per heavy atom. The van der Waals surface area contributed by atoms with Gasteiger partial charge in [-0.1, -0.05) is 12.1 Å². The summed E-state index contributed by atoms with van der Waals surface area (Å²) in [5.74, 6) is -1.32. The molecule has 0 unspecified atom stereocenters. The summed E-state index contributed by atoms with van der Waals surface area (Å²) in [4.78, 5) is 27.3. The van der Waals surface area contributed by atoms with Gasteiger partial charge in [-0.15, -0.1) is 0 Å². The van der Waals surface area contributed by atoms with E-state index < -0.39 is 41.5 Å². The first-order chi connectivity index (χ1) is 16.1. The quantitative estimate of drug-likeness (QED) is 0.412. The SMILES string of the molecule is O=C(CCc1cc(-c2ccc(C(F)(F)F)cc2)[nH]c1-c1ccc(F)cc1)N[C@@H]1C(=O)NC[C@H]1O. The van der Waals surface area contributed by atoms with Gasteiger partial charge in [-0.05, 0) is 65.6 Å². The molecule has 0 aliphatic carbocycles.